The molecule has 1 aliphatic heterocycles. The molecule has 0 aromatic carbocycles. The fourth-order valence-corrected chi connectivity index (χ4v) is 1.71. The van der Waals surface area contributed by atoms with E-state index in [-0.39, 0.29) is 12.0 Å². The Balaban J connectivity index is 2.77. The first kappa shape index (κ1) is 11.9. The highest BCUT2D eigenvalue weighted by Crippen LogP contribution is 2.20. The van der Waals surface area contributed by atoms with Gasteiger partial charge in [0.25, 0.3) is 0 Å². The van der Waals surface area contributed by atoms with Crippen LogP contribution in [0.2, 0.25) is 0 Å². The van der Waals surface area contributed by atoms with E-state index < -0.39 is 18.1 Å². The van der Waals surface area contributed by atoms with Crippen LogP contribution in [0.15, 0.2) is 0 Å². The number of aliphatic carboxylic acids is 1. The zero-order valence-electron chi connectivity index (χ0n) is 8.84. The minimum Gasteiger partial charge on any atom is -0.480 e. The molecule has 0 bridgehead atoms. The van der Waals surface area contributed by atoms with Crippen LogP contribution in [0.4, 0.5) is 0 Å². The number of rotatable bonds is 3. The molecule has 1 unspecified atom stereocenters. The highest BCUT2D eigenvalue weighted by Gasteiger charge is 2.40. The van der Waals surface area contributed by atoms with Gasteiger partial charge in [-0.25, -0.2) is 4.79 Å². The molecule has 6 heteroatoms. The van der Waals surface area contributed by atoms with Crippen LogP contribution in [0.1, 0.15) is 13.3 Å². The first-order chi connectivity index (χ1) is 6.97. The average molecular weight is 216 g/mol. The molecule has 1 saturated heterocycles. The summed E-state index contributed by atoms with van der Waals surface area (Å²) in [5.74, 6) is -1.36. The lowest BCUT2D eigenvalue weighted by Crippen LogP contribution is -2.47. The maximum Gasteiger partial charge on any atom is 0.326 e. The fourth-order valence-electron chi connectivity index (χ4n) is 1.71. The molecule has 86 valence electrons. The van der Waals surface area contributed by atoms with Crippen LogP contribution in [-0.2, 0) is 14.3 Å². The van der Waals surface area contributed by atoms with Gasteiger partial charge in [0.05, 0.1) is 12.1 Å². The molecule has 1 fully saturated rings. The summed E-state index contributed by atoms with van der Waals surface area (Å²) in [5.41, 5.74) is 5.44. The van der Waals surface area contributed by atoms with Crippen molar-refractivity contribution in [1.29, 1.82) is 0 Å². The summed E-state index contributed by atoms with van der Waals surface area (Å²) < 4.78 is 5.05. The number of nitrogens with two attached hydrogens (primary N) is 1. The van der Waals surface area contributed by atoms with Gasteiger partial charge in [-0.2, -0.15) is 0 Å². The van der Waals surface area contributed by atoms with Crippen LogP contribution in [0.3, 0.4) is 0 Å². The minimum absolute atomic E-state index is 0.214. The van der Waals surface area contributed by atoms with Crippen LogP contribution in [-0.4, -0.2) is 53.7 Å². The summed E-state index contributed by atoms with van der Waals surface area (Å²) >= 11 is 0. The number of likely N-dealkylation sites (tertiary alicyclic amines) is 1. The first-order valence-electron chi connectivity index (χ1n) is 4.79. The van der Waals surface area contributed by atoms with Gasteiger partial charge in [-0.1, -0.05) is 0 Å². The summed E-state index contributed by atoms with van der Waals surface area (Å²) in [6, 6.07) is -1.49. The van der Waals surface area contributed by atoms with Crippen LogP contribution in [0.5, 0.6) is 0 Å². The Morgan fingerprint density at radius 2 is 2.20 bits per heavy atom. The molecule has 0 spiro atoms. The minimum atomic E-state index is -1.01. The monoisotopic (exact) mass is 216 g/mol. The molecule has 0 aliphatic carbocycles. The number of carbonyl (C=O) groups is 2. The molecule has 1 rings (SSSR count). The van der Waals surface area contributed by atoms with E-state index in [4.69, 9.17) is 15.6 Å². The Morgan fingerprint density at radius 3 is 2.60 bits per heavy atom. The van der Waals surface area contributed by atoms with E-state index in [1.807, 2.05) is 0 Å². The summed E-state index contributed by atoms with van der Waals surface area (Å²) in [5, 5.41) is 8.94. The van der Waals surface area contributed by atoms with Crippen molar-refractivity contribution >= 4 is 11.9 Å². The van der Waals surface area contributed by atoms with Gasteiger partial charge in [0.1, 0.15) is 6.04 Å². The second-order valence-corrected chi connectivity index (χ2v) is 3.73. The number of amides is 1. The maximum atomic E-state index is 11.6. The lowest BCUT2D eigenvalue weighted by Gasteiger charge is -2.22. The van der Waals surface area contributed by atoms with E-state index in [0.29, 0.717) is 13.0 Å². The van der Waals surface area contributed by atoms with Gasteiger partial charge in [-0.15, -0.1) is 0 Å². The summed E-state index contributed by atoms with van der Waals surface area (Å²) in [4.78, 5) is 23.8. The Bertz CT molecular complexity index is 267. The lowest BCUT2D eigenvalue weighted by molar-refractivity contribution is -0.148. The van der Waals surface area contributed by atoms with Crippen molar-refractivity contribution < 1.29 is 19.4 Å². The van der Waals surface area contributed by atoms with Crippen LogP contribution in [0.25, 0.3) is 0 Å². The summed E-state index contributed by atoms with van der Waals surface area (Å²) in [6.07, 6.45) is 0.110. The van der Waals surface area contributed by atoms with Gasteiger partial charge in [0.2, 0.25) is 5.91 Å². The molecule has 1 heterocycles. The number of hydrogen-bond donors (Lipinski definition) is 2. The number of nitrogens with zero attached hydrogens (tertiary/aromatic N) is 1. The van der Waals surface area contributed by atoms with Gasteiger partial charge in [0.15, 0.2) is 0 Å². The van der Waals surface area contributed by atoms with Gasteiger partial charge < -0.3 is 20.5 Å². The zero-order valence-corrected chi connectivity index (χ0v) is 8.84. The molecule has 1 aliphatic rings. The number of carboxylic acids is 1. The quantitative estimate of drug-likeness (QED) is 0.633. The van der Waals surface area contributed by atoms with E-state index in [0.717, 1.165) is 0 Å². The molecule has 0 saturated carbocycles. The van der Waals surface area contributed by atoms with Crippen molar-refractivity contribution in [2.45, 2.75) is 31.5 Å². The summed E-state index contributed by atoms with van der Waals surface area (Å²) in [6.45, 7) is 1.84. The van der Waals surface area contributed by atoms with Crippen LogP contribution in [0, 0.1) is 0 Å². The number of carboxylic acid groups (broad SMARTS) is 1. The third-order valence-corrected chi connectivity index (χ3v) is 2.55. The number of carbonyl (C=O) groups excluding carboxylic acids is 1. The molecular formula is C9H16N2O4. The van der Waals surface area contributed by atoms with Crippen molar-refractivity contribution in [2.24, 2.45) is 5.73 Å². The smallest absolute Gasteiger partial charge is 0.326 e. The molecule has 3 atom stereocenters. The van der Waals surface area contributed by atoms with Crippen molar-refractivity contribution in [3.05, 3.63) is 0 Å². The standard InChI is InChI=1S/C9H16N2O4/c1-5(10)8(12)11-4-6(15-2)3-7(11)9(13)14/h5-7H,3-4,10H2,1-2H3,(H,13,14)/t5-,6?,7-/m0/s1. The number of ether oxygens (including phenoxy) is 1. The first-order valence-corrected chi connectivity index (χ1v) is 4.79. The Kier molecular flexibility index (Phi) is 3.65. The van der Waals surface area contributed by atoms with E-state index in [1.165, 1.54) is 12.0 Å². The molecule has 0 aromatic heterocycles. The van der Waals surface area contributed by atoms with E-state index in [1.54, 1.807) is 6.92 Å². The molecule has 0 aromatic rings. The number of hydrogen-bond acceptors (Lipinski definition) is 4. The van der Waals surface area contributed by atoms with E-state index in [2.05, 4.69) is 0 Å². The highest BCUT2D eigenvalue weighted by atomic mass is 16.5. The molecular weight excluding hydrogens is 200 g/mol. The molecule has 0 radical (unpaired) electrons. The highest BCUT2D eigenvalue weighted by molar-refractivity contribution is 5.87. The molecule has 3 N–H and O–H groups in total. The third-order valence-electron chi connectivity index (χ3n) is 2.55. The lowest BCUT2D eigenvalue weighted by atomic mass is 10.2. The maximum absolute atomic E-state index is 11.6. The van der Waals surface area contributed by atoms with Crippen molar-refractivity contribution in [3.8, 4) is 0 Å². The second kappa shape index (κ2) is 4.59. The van der Waals surface area contributed by atoms with Crippen molar-refractivity contribution in [1.82, 2.24) is 4.90 Å². The third kappa shape index (κ3) is 2.45. The Morgan fingerprint density at radius 1 is 1.60 bits per heavy atom. The van der Waals surface area contributed by atoms with Crippen LogP contribution >= 0.6 is 0 Å². The predicted octanol–water partition coefficient (Wildman–Crippen LogP) is -0.966. The van der Waals surface area contributed by atoms with E-state index >= 15 is 0 Å². The Hall–Kier alpha value is -1.14. The molecule has 6 nitrogen and oxygen atoms in total. The van der Waals surface area contributed by atoms with Gasteiger partial charge in [-0.3, -0.25) is 4.79 Å². The van der Waals surface area contributed by atoms with Gasteiger partial charge in [0, 0.05) is 20.1 Å². The normalized spacial score (nSPS) is 27.8. The predicted molar refractivity (Wildman–Crippen MR) is 52.2 cm³/mol. The van der Waals surface area contributed by atoms with Crippen LogP contribution < -0.4 is 5.73 Å². The second-order valence-electron chi connectivity index (χ2n) is 3.73. The van der Waals surface area contributed by atoms with Crippen molar-refractivity contribution in [3.63, 3.8) is 0 Å². The largest absolute Gasteiger partial charge is 0.480 e. The zero-order chi connectivity index (χ0) is 11.6. The topological polar surface area (TPSA) is 92.9 Å². The average Bonchev–Trinajstić information content (AvgIpc) is 2.60. The SMILES string of the molecule is COC1C[C@@H](C(=O)O)N(C(=O)[C@H](C)N)C1. The van der Waals surface area contributed by atoms with Crippen molar-refractivity contribution in [2.75, 3.05) is 13.7 Å². The fraction of sp³-hybridized carbons (Fsp3) is 0.778. The molecule has 15 heavy (non-hydrogen) atoms. The summed E-state index contributed by atoms with van der Waals surface area (Å²) in [7, 11) is 1.50. The molecule has 1 amide bonds. The Labute approximate surface area is 88.0 Å². The van der Waals surface area contributed by atoms with E-state index in [9.17, 15) is 9.59 Å². The van der Waals surface area contributed by atoms with Gasteiger partial charge >= 0.3 is 5.97 Å². The van der Waals surface area contributed by atoms with Gasteiger partial charge in [-0.05, 0) is 6.92 Å². The number of methoxy groups -OCH3 is 1.